The minimum absolute atomic E-state index is 0.178. The Kier molecular flexibility index (Phi) is 8.64. The van der Waals surface area contributed by atoms with Crippen molar-refractivity contribution in [1.29, 1.82) is 0 Å². The molecule has 1 atom stereocenters. The van der Waals surface area contributed by atoms with Gasteiger partial charge in [-0.05, 0) is 52.5 Å². The Morgan fingerprint density at radius 1 is 1.08 bits per heavy atom. The van der Waals surface area contributed by atoms with E-state index >= 15 is 0 Å². The highest BCUT2D eigenvalue weighted by Crippen LogP contribution is 2.43. The van der Waals surface area contributed by atoms with Gasteiger partial charge in [0.25, 0.3) is 0 Å². The highest BCUT2D eigenvalue weighted by molar-refractivity contribution is 6.90. The maximum absolute atomic E-state index is 13.7. The maximum atomic E-state index is 13.7. The van der Waals surface area contributed by atoms with Gasteiger partial charge in [0.15, 0.2) is 0 Å². The van der Waals surface area contributed by atoms with Gasteiger partial charge in [-0.25, -0.2) is 4.79 Å². The first-order valence-electron chi connectivity index (χ1n) is 12.7. The van der Waals surface area contributed by atoms with Crippen molar-refractivity contribution in [3.05, 3.63) is 71.3 Å². The zero-order valence-corrected chi connectivity index (χ0v) is 24.4. The molecule has 1 aliphatic heterocycles. The highest BCUT2D eigenvalue weighted by atomic mass is 35.5. The monoisotopic (exact) mass is 522 g/mol. The molecule has 36 heavy (non-hydrogen) atoms. The number of benzene rings is 2. The minimum atomic E-state index is -2.04. The van der Waals surface area contributed by atoms with Crippen LogP contribution in [0.2, 0.25) is 21.6 Å². The van der Waals surface area contributed by atoms with Gasteiger partial charge in [0.2, 0.25) is 0 Å². The van der Waals surface area contributed by atoms with E-state index in [-0.39, 0.29) is 6.03 Å². The van der Waals surface area contributed by atoms with Crippen LogP contribution in [0.5, 0.6) is 5.75 Å². The number of amides is 2. The fourth-order valence-electron chi connectivity index (χ4n) is 5.76. The van der Waals surface area contributed by atoms with Crippen LogP contribution in [-0.4, -0.2) is 21.2 Å². The van der Waals surface area contributed by atoms with Crippen molar-refractivity contribution in [2.75, 3.05) is 12.0 Å². The van der Waals surface area contributed by atoms with Gasteiger partial charge >= 0.3 is 6.03 Å². The Hall–Kier alpha value is -2.68. The molecule has 2 aromatic carbocycles. The summed E-state index contributed by atoms with van der Waals surface area (Å²) in [4.78, 5) is 15.4. The van der Waals surface area contributed by atoms with Gasteiger partial charge in [-0.15, -0.1) is 12.1 Å². The Bertz CT molecular complexity index is 1140. The summed E-state index contributed by atoms with van der Waals surface area (Å²) in [5.74, 6) is 4.42. The van der Waals surface area contributed by atoms with Crippen LogP contribution < -0.4 is 15.0 Å². The number of anilines is 1. The molecule has 1 heterocycles. The van der Waals surface area contributed by atoms with E-state index in [1.807, 2.05) is 48.5 Å². The molecule has 2 amide bonds. The highest BCUT2D eigenvalue weighted by Gasteiger charge is 2.45. The molecule has 0 radical (unpaired) electrons. The number of carbonyl (C=O) groups is 1. The molecule has 192 valence electrons. The third-order valence-corrected chi connectivity index (χ3v) is 14.1. The smallest absolute Gasteiger partial charge is 0.323 e. The fourth-order valence-corrected chi connectivity index (χ4v) is 11.2. The Labute approximate surface area is 223 Å². The second-order valence-corrected chi connectivity index (χ2v) is 16.6. The average Bonchev–Trinajstić information content (AvgIpc) is 2.82. The summed E-state index contributed by atoms with van der Waals surface area (Å²) in [6.45, 7) is 18.2. The van der Waals surface area contributed by atoms with E-state index in [1.165, 1.54) is 0 Å². The van der Waals surface area contributed by atoms with Crippen molar-refractivity contribution in [2.24, 2.45) is 0 Å². The number of hydrogen-bond donors (Lipinski definition) is 1. The van der Waals surface area contributed by atoms with E-state index in [1.54, 1.807) is 12.0 Å². The normalized spacial score (nSPS) is 17.5. The van der Waals surface area contributed by atoms with Gasteiger partial charge in [-0.1, -0.05) is 77.3 Å². The van der Waals surface area contributed by atoms with Crippen LogP contribution in [0.15, 0.2) is 55.1 Å². The van der Waals surface area contributed by atoms with Crippen molar-refractivity contribution in [3.63, 3.8) is 0 Å². The van der Waals surface area contributed by atoms with E-state index in [0.29, 0.717) is 34.6 Å². The molecule has 0 bridgehead atoms. The number of ether oxygens (including phenoxy) is 1. The molecule has 0 saturated carbocycles. The van der Waals surface area contributed by atoms with E-state index in [4.69, 9.17) is 16.3 Å². The fraction of sp³-hybridized carbons (Fsp3) is 0.433. The lowest BCUT2D eigenvalue weighted by atomic mass is 9.84. The molecule has 0 fully saturated rings. The first kappa shape index (κ1) is 27.9. The van der Waals surface area contributed by atoms with Crippen molar-refractivity contribution < 1.29 is 9.53 Å². The summed E-state index contributed by atoms with van der Waals surface area (Å²) in [7, 11) is -0.395. The lowest BCUT2D eigenvalue weighted by molar-refractivity contribution is 0.235. The third kappa shape index (κ3) is 5.21. The summed E-state index contributed by atoms with van der Waals surface area (Å²) in [5.41, 5.74) is 7.13. The summed E-state index contributed by atoms with van der Waals surface area (Å²) < 4.78 is 5.28. The number of carbonyl (C=O) groups excluding carboxylic acids is 1. The molecule has 0 aromatic heterocycles. The predicted octanol–water partition coefficient (Wildman–Crippen LogP) is 8.07. The van der Waals surface area contributed by atoms with Crippen molar-refractivity contribution >= 4 is 31.4 Å². The molecule has 1 unspecified atom stereocenters. The number of rotatable bonds is 8. The Morgan fingerprint density at radius 3 is 2.22 bits per heavy atom. The second-order valence-electron chi connectivity index (χ2n) is 10.6. The van der Waals surface area contributed by atoms with Gasteiger partial charge in [0.05, 0.1) is 19.3 Å². The molecule has 0 saturated heterocycles. The molecule has 4 nitrogen and oxygen atoms in total. The lowest BCUT2D eigenvalue weighted by Crippen LogP contribution is -2.56. The topological polar surface area (TPSA) is 41.6 Å². The van der Waals surface area contributed by atoms with Crippen molar-refractivity contribution in [2.45, 2.75) is 76.7 Å². The van der Waals surface area contributed by atoms with Crippen LogP contribution in [0.25, 0.3) is 0 Å². The van der Waals surface area contributed by atoms with Crippen LogP contribution in [-0.2, 0) is 12.1 Å². The van der Waals surface area contributed by atoms with Crippen LogP contribution >= 0.6 is 11.6 Å². The van der Waals surface area contributed by atoms with Gasteiger partial charge in [-0.2, -0.15) is 0 Å². The summed E-state index contributed by atoms with van der Waals surface area (Å²) in [6.07, 6.45) is 2.33. The first-order valence-corrected chi connectivity index (χ1v) is 15.3. The molecule has 1 aliphatic rings. The van der Waals surface area contributed by atoms with E-state index in [9.17, 15) is 4.79 Å². The standard InChI is InChI=1S/C30H39ClN2O2Si/c1-9-16-30(17-18-36(21(2)3,22(4)5)23(6)7)27-19-25(31)12-15-28(27)33(29(34)32-30)20-24-10-13-26(35-8)14-11-24/h9-15,19,21-23H,1,16,20H2,2-8H3,(H,32,34). The van der Waals surface area contributed by atoms with Crippen molar-refractivity contribution in [1.82, 2.24) is 5.32 Å². The molecule has 2 aromatic rings. The molecular weight excluding hydrogens is 484 g/mol. The maximum Gasteiger partial charge on any atom is 0.323 e. The van der Waals surface area contributed by atoms with E-state index in [0.717, 1.165) is 22.6 Å². The van der Waals surface area contributed by atoms with Crippen LogP contribution in [0.4, 0.5) is 10.5 Å². The minimum Gasteiger partial charge on any atom is -0.497 e. The van der Waals surface area contributed by atoms with Gasteiger partial charge in [0, 0.05) is 17.0 Å². The Balaban J connectivity index is 2.17. The largest absolute Gasteiger partial charge is 0.497 e. The van der Waals surface area contributed by atoms with Gasteiger partial charge < -0.3 is 10.1 Å². The predicted molar refractivity (Wildman–Crippen MR) is 154 cm³/mol. The zero-order valence-electron chi connectivity index (χ0n) is 22.6. The van der Waals surface area contributed by atoms with Crippen LogP contribution in [0.1, 0.15) is 59.1 Å². The summed E-state index contributed by atoms with van der Waals surface area (Å²) in [6, 6.07) is 13.3. The van der Waals surface area contributed by atoms with Gasteiger partial charge in [0.1, 0.15) is 19.4 Å². The Morgan fingerprint density at radius 2 is 1.69 bits per heavy atom. The molecule has 1 N–H and O–H groups in total. The molecule has 0 spiro atoms. The number of hydrogen-bond acceptors (Lipinski definition) is 2. The van der Waals surface area contributed by atoms with Crippen molar-refractivity contribution in [3.8, 4) is 17.2 Å². The zero-order chi connectivity index (χ0) is 26.7. The lowest BCUT2D eigenvalue weighted by Gasteiger charge is -2.42. The van der Waals surface area contributed by atoms with Gasteiger partial charge in [-0.3, -0.25) is 4.90 Å². The molecular formula is C30H39ClN2O2Si. The number of fused-ring (bicyclic) bond motifs is 1. The number of halogens is 1. The molecule has 6 heteroatoms. The average molecular weight is 523 g/mol. The second kappa shape index (κ2) is 11.1. The third-order valence-electron chi connectivity index (χ3n) is 7.58. The number of urea groups is 1. The number of methoxy groups -OCH3 is 1. The van der Waals surface area contributed by atoms with E-state index in [2.05, 4.69) is 64.9 Å². The first-order chi connectivity index (χ1) is 17.0. The molecule has 0 aliphatic carbocycles. The van der Waals surface area contributed by atoms with Crippen LogP contribution in [0.3, 0.4) is 0 Å². The number of nitrogens with one attached hydrogen (secondary N) is 1. The SMILES string of the molecule is C=CCC1(C#C[Si](C(C)C)(C(C)C)C(C)C)NC(=O)N(Cc2ccc(OC)cc2)c2ccc(Cl)cc21. The number of nitrogens with zero attached hydrogens (tertiary/aromatic N) is 1. The summed E-state index contributed by atoms with van der Waals surface area (Å²) >= 11 is 6.51. The molecule has 3 rings (SSSR count). The quantitative estimate of drug-likeness (QED) is 0.216. The van der Waals surface area contributed by atoms with E-state index < -0.39 is 13.6 Å². The summed E-state index contributed by atoms with van der Waals surface area (Å²) in [5, 5.41) is 3.89. The van der Waals surface area contributed by atoms with Crippen LogP contribution in [0, 0.1) is 11.5 Å².